The Morgan fingerprint density at radius 2 is 1.94 bits per heavy atom. The van der Waals surface area contributed by atoms with Gasteiger partial charge in [-0.2, -0.15) is 0 Å². The van der Waals surface area contributed by atoms with Gasteiger partial charge in [-0.25, -0.2) is 0 Å². The van der Waals surface area contributed by atoms with Crippen molar-refractivity contribution < 1.29 is 5.11 Å². The first-order valence-corrected chi connectivity index (χ1v) is 7.63. The molecule has 1 saturated carbocycles. The number of aliphatic hydroxyl groups is 1. The van der Waals surface area contributed by atoms with Crippen LogP contribution < -0.4 is 5.32 Å². The van der Waals surface area contributed by atoms with E-state index < -0.39 is 0 Å². The van der Waals surface area contributed by atoms with Gasteiger partial charge >= 0.3 is 0 Å². The van der Waals surface area contributed by atoms with E-state index in [2.05, 4.69) is 19.2 Å². The lowest BCUT2D eigenvalue weighted by molar-refractivity contribution is 0.0253. The molecule has 1 aliphatic carbocycles. The summed E-state index contributed by atoms with van der Waals surface area (Å²) >= 11 is 0. The summed E-state index contributed by atoms with van der Waals surface area (Å²) in [7, 11) is 0. The summed E-state index contributed by atoms with van der Waals surface area (Å²) in [5, 5.41) is 13.9. The van der Waals surface area contributed by atoms with Gasteiger partial charge in [0.1, 0.15) is 0 Å². The van der Waals surface area contributed by atoms with Crippen LogP contribution in [0.2, 0.25) is 0 Å². The van der Waals surface area contributed by atoms with Gasteiger partial charge < -0.3 is 10.4 Å². The lowest BCUT2D eigenvalue weighted by atomic mass is 9.73. The molecule has 1 saturated heterocycles. The summed E-state index contributed by atoms with van der Waals surface area (Å²) in [5.41, 5.74) is 0. The smallest absolute Gasteiger partial charge is 0.0571 e. The molecule has 100 valence electrons. The fourth-order valence-electron chi connectivity index (χ4n) is 3.79. The second-order valence-corrected chi connectivity index (χ2v) is 6.24. The van der Waals surface area contributed by atoms with E-state index in [-0.39, 0.29) is 6.10 Å². The Labute approximate surface area is 106 Å². The first kappa shape index (κ1) is 13.4. The molecule has 2 aliphatic rings. The van der Waals surface area contributed by atoms with E-state index in [1.807, 2.05) is 0 Å². The van der Waals surface area contributed by atoms with E-state index in [9.17, 15) is 5.11 Å². The van der Waals surface area contributed by atoms with Crippen LogP contribution in [0.15, 0.2) is 0 Å². The van der Waals surface area contributed by atoms with E-state index in [1.165, 1.54) is 45.1 Å². The van der Waals surface area contributed by atoms with Gasteiger partial charge in [0.15, 0.2) is 0 Å². The number of aliphatic hydroxyl groups excluding tert-OH is 1. The fourth-order valence-corrected chi connectivity index (χ4v) is 3.79. The Hall–Kier alpha value is -0.0800. The van der Waals surface area contributed by atoms with Gasteiger partial charge in [-0.15, -0.1) is 0 Å². The van der Waals surface area contributed by atoms with E-state index in [1.54, 1.807) is 0 Å². The molecule has 2 nitrogen and oxygen atoms in total. The maximum absolute atomic E-state index is 10.1. The molecule has 0 spiro atoms. The summed E-state index contributed by atoms with van der Waals surface area (Å²) in [6, 6.07) is 0.649. The zero-order valence-electron chi connectivity index (χ0n) is 11.5. The summed E-state index contributed by atoms with van der Waals surface area (Å²) in [4.78, 5) is 0. The predicted molar refractivity (Wildman–Crippen MR) is 71.9 cm³/mol. The first-order valence-electron chi connectivity index (χ1n) is 7.63. The third kappa shape index (κ3) is 3.23. The second kappa shape index (κ2) is 6.19. The second-order valence-electron chi connectivity index (χ2n) is 6.24. The summed E-state index contributed by atoms with van der Waals surface area (Å²) in [6.45, 7) is 5.83. The summed E-state index contributed by atoms with van der Waals surface area (Å²) in [5.74, 6) is 2.07. The van der Waals surface area contributed by atoms with Crippen molar-refractivity contribution in [1.29, 1.82) is 0 Å². The zero-order chi connectivity index (χ0) is 12.3. The highest BCUT2D eigenvalue weighted by Crippen LogP contribution is 2.34. The van der Waals surface area contributed by atoms with Crippen LogP contribution in [0, 0.1) is 17.8 Å². The average Bonchev–Trinajstić information content (AvgIpc) is 2.39. The summed E-state index contributed by atoms with van der Waals surface area (Å²) in [6.07, 6.45) is 8.75. The van der Waals surface area contributed by atoms with E-state index in [4.69, 9.17) is 0 Å². The molecule has 2 N–H and O–H groups in total. The van der Waals surface area contributed by atoms with Gasteiger partial charge in [0, 0.05) is 6.04 Å². The SMILES string of the molecule is CC[C@@H]1CC[C@H]([C@H](C)[C@@H]2CCCC[C@H]2O)NC1. The van der Waals surface area contributed by atoms with Gasteiger partial charge in [0.2, 0.25) is 0 Å². The fraction of sp³-hybridized carbons (Fsp3) is 1.00. The van der Waals surface area contributed by atoms with Crippen molar-refractivity contribution in [3.05, 3.63) is 0 Å². The molecule has 0 bridgehead atoms. The average molecular weight is 239 g/mol. The van der Waals surface area contributed by atoms with Crippen molar-refractivity contribution in [2.45, 2.75) is 70.9 Å². The molecule has 17 heavy (non-hydrogen) atoms. The Morgan fingerprint density at radius 1 is 1.18 bits per heavy atom. The van der Waals surface area contributed by atoms with Gasteiger partial charge in [0.05, 0.1) is 6.10 Å². The monoisotopic (exact) mass is 239 g/mol. The number of nitrogens with one attached hydrogen (secondary N) is 1. The molecule has 0 aromatic rings. The molecule has 2 heteroatoms. The summed E-state index contributed by atoms with van der Waals surface area (Å²) < 4.78 is 0. The van der Waals surface area contributed by atoms with Crippen LogP contribution in [-0.4, -0.2) is 23.8 Å². The highest BCUT2D eigenvalue weighted by atomic mass is 16.3. The number of rotatable bonds is 3. The first-order chi connectivity index (χ1) is 8.22. The molecule has 0 aromatic heterocycles. The van der Waals surface area contributed by atoms with Crippen molar-refractivity contribution in [2.24, 2.45) is 17.8 Å². The maximum Gasteiger partial charge on any atom is 0.0571 e. The minimum Gasteiger partial charge on any atom is -0.393 e. The minimum atomic E-state index is -0.0375. The largest absolute Gasteiger partial charge is 0.393 e. The lowest BCUT2D eigenvalue weighted by Gasteiger charge is -2.40. The van der Waals surface area contributed by atoms with Crippen molar-refractivity contribution in [3.63, 3.8) is 0 Å². The van der Waals surface area contributed by atoms with Crippen molar-refractivity contribution >= 4 is 0 Å². The van der Waals surface area contributed by atoms with Crippen LogP contribution in [0.5, 0.6) is 0 Å². The highest BCUT2D eigenvalue weighted by Gasteiger charge is 2.34. The van der Waals surface area contributed by atoms with Crippen LogP contribution in [0.3, 0.4) is 0 Å². The van der Waals surface area contributed by atoms with Crippen molar-refractivity contribution in [3.8, 4) is 0 Å². The Morgan fingerprint density at radius 3 is 2.53 bits per heavy atom. The topological polar surface area (TPSA) is 32.3 Å². The minimum absolute atomic E-state index is 0.0375. The Kier molecular flexibility index (Phi) is 4.87. The van der Waals surface area contributed by atoms with Crippen LogP contribution in [0.25, 0.3) is 0 Å². The zero-order valence-corrected chi connectivity index (χ0v) is 11.5. The van der Waals surface area contributed by atoms with Gasteiger partial charge in [0.25, 0.3) is 0 Å². The molecular weight excluding hydrogens is 210 g/mol. The van der Waals surface area contributed by atoms with Crippen LogP contribution in [0.4, 0.5) is 0 Å². The molecule has 5 atom stereocenters. The Balaban J connectivity index is 1.85. The normalized spacial score (nSPS) is 41.1. The van der Waals surface area contributed by atoms with Gasteiger partial charge in [-0.1, -0.05) is 33.1 Å². The van der Waals surface area contributed by atoms with Crippen molar-refractivity contribution in [1.82, 2.24) is 5.32 Å². The third-order valence-electron chi connectivity index (χ3n) is 5.22. The third-order valence-corrected chi connectivity index (χ3v) is 5.22. The Bertz CT molecular complexity index is 223. The molecule has 0 amide bonds. The van der Waals surface area contributed by atoms with E-state index in [0.717, 1.165) is 12.3 Å². The predicted octanol–water partition coefficient (Wildman–Crippen LogP) is 2.95. The number of hydrogen-bond donors (Lipinski definition) is 2. The van der Waals surface area contributed by atoms with Gasteiger partial charge in [-0.05, 0) is 50.0 Å². The van der Waals surface area contributed by atoms with Crippen LogP contribution in [0.1, 0.15) is 58.8 Å². The molecule has 0 aromatic carbocycles. The maximum atomic E-state index is 10.1. The molecule has 0 radical (unpaired) electrons. The van der Waals surface area contributed by atoms with Crippen LogP contribution >= 0.6 is 0 Å². The molecule has 0 unspecified atom stereocenters. The highest BCUT2D eigenvalue weighted by molar-refractivity contribution is 4.88. The molecular formula is C15H29NO. The number of hydrogen-bond acceptors (Lipinski definition) is 2. The van der Waals surface area contributed by atoms with E-state index >= 15 is 0 Å². The van der Waals surface area contributed by atoms with E-state index in [0.29, 0.717) is 17.9 Å². The number of piperidine rings is 1. The van der Waals surface area contributed by atoms with Crippen LogP contribution in [-0.2, 0) is 0 Å². The standard InChI is InChI=1S/C15H29NO/c1-3-12-8-9-14(16-10-12)11(2)13-6-4-5-7-15(13)17/h11-17H,3-10H2,1-2H3/t11-,12-,13+,14-,15-/m1/s1. The molecule has 2 fully saturated rings. The van der Waals surface area contributed by atoms with Crippen molar-refractivity contribution in [2.75, 3.05) is 6.54 Å². The lowest BCUT2D eigenvalue weighted by Crippen LogP contribution is -2.47. The molecule has 2 rings (SSSR count). The quantitative estimate of drug-likeness (QED) is 0.793. The van der Waals surface area contributed by atoms with Gasteiger partial charge in [-0.3, -0.25) is 0 Å². The molecule has 1 heterocycles. The molecule has 1 aliphatic heterocycles.